The summed E-state index contributed by atoms with van der Waals surface area (Å²) in [5.74, 6) is 0. The summed E-state index contributed by atoms with van der Waals surface area (Å²) >= 11 is 0. The molecule has 0 aliphatic heterocycles. The predicted octanol–water partition coefficient (Wildman–Crippen LogP) is 1.88. The first-order valence-corrected chi connectivity index (χ1v) is 3.80. The molecule has 0 saturated heterocycles. The van der Waals surface area contributed by atoms with Crippen molar-refractivity contribution in [3.8, 4) is 0 Å². The summed E-state index contributed by atoms with van der Waals surface area (Å²) < 4.78 is 0. The fourth-order valence-electron chi connectivity index (χ4n) is 0.586. The van der Waals surface area contributed by atoms with Crippen LogP contribution in [0.2, 0.25) is 0 Å². The Kier molecular flexibility index (Phi) is 6.55. The second-order valence-electron chi connectivity index (χ2n) is 2.35. The quantitative estimate of drug-likeness (QED) is 0.348. The minimum absolute atomic E-state index is 0.240. The fraction of sp³-hybridized carbons (Fsp3) is 0.750. The molecule has 1 N–H and O–H groups in total. The summed E-state index contributed by atoms with van der Waals surface area (Å²) in [5.41, 5.74) is 2.87. The number of rotatable bonds is 6. The molecule has 10 heavy (non-hydrogen) atoms. The van der Waals surface area contributed by atoms with E-state index < -0.39 is 0 Å². The van der Waals surface area contributed by atoms with Crippen molar-refractivity contribution < 1.29 is 4.84 Å². The average Bonchev–Trinajstić information content (AvgIpc) is 1.89. The number of nitrogens with one attached hydrogen (secondary N) is 1. The fourth-order valence-corrected chi connectivity index (χ4v) is 0.586. The summed E-state index contributed by atoms with van der Waals surface area (Å²) in [6.45, 7) is 8.66. The van der Waals surface area contributed by atoms with Crippen molar-refractivity contribution in [3.05, 3.63) is 12.7 Å². The van der Waals surface area contributed by atoms with Gasteiger partial charge < -0.3 is 0 Å². The van der Waals surface area contributed by atoms with Gasteiger partial charge in [-0.3, -0.25) is 4.84 Å². The van der Waals surface area contributed by atoms with Crippen molar-refractivity contribution in [1.29, 1.82) is 0 Å². The average molecular weight is 143 g/mol. The van der Waals surface area contributed by atoms with Gasteiger partial charge in [0.05, 0.1) is 6.10 Å². The van der Waals surface area contributed by atoms with Crippen LogP contribution >= 0.6 is 0 Å². The van der Waals surface area contributed by atoms with E-state index in [4.69, 9.17) is 4.84 Å². The molecule has 0 amide bonds. The molecule has 0 saturated carbocycles. The third kappa shape index (κ3) is 5.79. The van der Waals surface area contributed by atoms with E-state index in [1.165, 1.54) is 0 Å². The highest BCUT2D eigenvalue weighted by molar-refractivity contribution is 4.69. The lowest BCUT2D eigenvalue weighted by Gasteiger charge is -2.09. The Morgan fingerprint density at radius 1 is 1.70 bits per heavy atom. The van der Waals surface area contributed by atoms with Crippen LogP contribution in [0.1, 0.15) is 26.7 Å². The minimum atomic E-state index is 0.240. The highest BCUT2D eigenvalue weighted by Crippen LogP contribution is 1.94. The van der Waals surface area contributed by atoms with E-state index >= 15 is 0 Å². The van der Waals surface area contributed by atoms with Crippen LogP contribution in [0.3, 0.4) is 0 Å². The summed E-state index contributed by atoms with van der Waals surface area (Å²) in [5, 5.41) is 0. The SMILES string of the molecule is C=CCC(C)ONCCC. The van der Waals surface area contributed by atoms with E-state index in [2.05, 4.69) is 19.0 Å². The summed E-state index contributed by atoms with van der Waals surface area (Å²) in [6.07, 6.45) is 4.10. The van der Waals surface area contributed by atoms with Crippen molar-refractivity contribution in [2.75, 3.05) is 6.54 Å². The Morgan fingerprint density at radius 3 is 2.90 bits per heavy atom. The van der Waals surface area contributed by atoms with Crippen LogP contribution in [-0.2, 0) is 4.84 Å². The van der Waals surface area contributed by atoms with Gasteiger partial charge in [0.2, 0.25) is 0 Å². The molecule has 1 atom stereocenters. The lowest BCUT2D eigenvalue weighted by Crippen LogP contribution is -2.21. The smallest absolute Gasteiger partial charge is 0.0796 e. The van der Waals surface area contributed by atoms with Gasteiger partial charge in [-0.2, -0.15) is 0 Å². The van der Waals surface area contributed by atoms with Crippen LogP contribution in [0.25, 0.3) is 0 Å². The Balaban J connectivity index is 3.04. The van der Waals surface area contributed by atoms with Gasteiger partial charge in [-0.15, -0.1) is 6.58 Å². The Labute approximate surface area is 63.2 Å². The van der Waals surface area contributed by atoms with Gasteiger partial charge in [0, 0.05) is 6.54 Å². The molecule has 0 aromatic rings. The molecule has 0 aliphatic rings. The molecule has 1 unspecified atom stereocenters. The number of hydroxylamine groups is 1. The van der Waals surface area contributed by atoms with Gasteiger partial charge in [0.25, 0.3) is 0 Å². The van der Waals surface area contributed by atoms with E-state index in [1.54, 1.807) is 0 Å². The van der Waals surface area contributed by atoms with Gasteiger partial charge >= 0.3 is 0 Å². The largest absolute Gasteiger partial charge is 0.298 e. The summed E-state index contributed by atoms with van der Waals surface area (Å²) in [7, 11) is 0. The van der Waals surface area contributed by atoms with Crippen molar-refractivity contribution in [3.63, 3.8) is 0 Å². The van der Waals surface area contributed by atoms with Crippen LogP contribution in [0.15, 0.2) is 12.7 Å². The maximum Gasteiger partial charge on any atom is 0.0796 e. The molecule has 0 heterocycles. The molecule has 60 valence electrons. The molecule has 0 aromatic heterocycles. The third-order valence-electron chi connectivity index (χ3n) is 1.14. The molecule has 0 spiro atoms. The van der Waals surface area contributed by atoms with Crippen molar-refractivity contribution >= 4 is 0 Å². The first-order chi connectivity index (χ1) is 4.81. The Bertz CT molecular complexity index is 83.3. The third-order valence-corrected chi connectivity index (χ3v) is 1.14. The standard InChI is InChI=1S/C8H17NO/c1-4-6-8(3)10-9-7-5-2/h4,8-9H,1,5-7H2,2-3H3. The molecule has 0 bridgehead atoms. The molecule has 0 aliphatic carbocycles. The normalized spacial score (nSPS) is 13.0. The number of hydrogen-bond acceptors (Lipinski definition) is 2. The lowest BCUT2D eigenvalue weighted by atomic mass is 10.3. The van der Waals surface area contributed by atoms with Crippen LogP contribution in [-0.4, -0.2) is 12.6 Å². The van der Waals surface area contributed by atoms with Gasteiger partial charge in [-0.1, -0.05) is 13.0 Å². The van der Waals surface area contributed by atoms with E-state index in [-0.39, 0.29) is 6.10 Å². The van der Waals surface area contributed by atoms with Crippen molar-refractivity contribution in [2.24, 2.45) is 0 Å². The van der Waals surface area contributed by atoms with Gasteiger partial charge in [-0.05, 0) is 19.8 Å². The zero-order valence-corrected chi connectivity index (χ0v) is 6.89. The molecule has 0 rings (SSSR count). The van der Waals surface area contributed by atoms with E-state index in [9.17, 15) is 0 Å². The van der Waals surface area contributed by atoms with E-state index in [0.717, 1.165) is 19.4 Å². The maximum absolute atomic E-state index is 5.20. The first-order valence-electron chi connectivity index (χ1n) is 3.80. The molecule has 2 heteroatoms. The van der Waals surface area contributed by atoms with Crippen molar-refractivity contribution in [2.45, 2.75) is 32.8 Å². The van der Waals surface area contributed by atoms with E-state index in [0.29, 0.717) is 0 Å². The zero-order valence-electron chi connectivity index (χ0n) is 6.89. The molecule has 0 fully saturated rings. The second kappa shape index (κ2) is 6.78. The van der Waals surface area contributed by atoms with Crippen LogP contribution < -0.4 is 5.48 Å². The predicted molar refractivity (Wildman–Crippen MR) is 43.7 cm³/mol. The van der Waals surface area contributed by atoms with E-state index in [1.807, 2.05) is 13.0 Å². The van der Waals surface area contributed by atoms with Gasteiger partial charge in [0.15, 0.2) is 0 Å². The monoisotopic (exact) mass is 143 g/mol. The Hall–Kier alpha value is -0.340. The zero-order chi connectivity index (χ0) is 7.82. The lowest BCUT2D eigenvalue weighted by molar-refractivity contribution is -0.0126. The molecule has 0 radical (unpaired) electrons. The summed E-state index contributed by atoms with van der Waals surface area (Å²) in [4.78, 5) is 5.20. The van der Waals surface area contributed by atoms with Crippen LogP contribution in [0.5, 0.6) is 0 Å². The highest BCUT2D eigenvalue weighted by atomic mass is 16.7. The highest BCUT2D eigenvalue weighted by Gasteiger charge is 1.96. The second-order valence-corrected chi connectivity index (χ2v) is 2.35. The maximum atomic E-state index is 5.20. The molecule has 2 nitrogen and oxygen atoms in total. The topological polar surface area (TPSA) is 21.3 Å². The first kappa shape index (κ1) is 9.66. The molecule has 0 aromatic carbocycles. The van der Waals surface area contributed by atoms with Crippen LogP contribution in [0, 0.1) is 0 Å². The summed E-state index contributed by atoms with van der Waals surface area (Å²) in [6, 6.07) is 0. The molecular weight excluding hydrogens is 126 g/mol. The van der Waals surface area contributed by atoms with Gasteiger partial charge in [-0.25, -0.2) is 5.48 Å². The minimum Gasteiger partial charge on any atom is -0.298 e. The molecular formula is C8H17NO. The number of hydrogen-bond donors (Lipinski definition) is 1. The van der Waals surface area contributed by atoms with Crippen molar-refractivity contribution in [1.82, 2.24) is 5.48 Å². The van der Waals surface area contributed by atoms with Crippen LogP contribution in [0.4, 0.5) is 0 Å². The Morgan fingerprint density at radius 2 is 2.40 bits per heavy atom. The van der Waals surface area contributed by atoms with Gasteiger partial charge in [0.1, 0.15) is 0 Å².